The van der Waals surface area contributed by atoms with Crippen LogP contribution in [0.25, 0.3) is 0 Å². The Morgan fingerprint density at radius 2 is 1.93 bits per heavy atom. The van der Waals surface area contributed by atoms with E-state index in [0.717, 1.165) is 23.5 Å². The zero-order valence-electron chi connectivity index (χ0n) is 14.4. The molecule has 1 N–H and O–H groups in total. The van der Waals surface area contributed by atoms with Crippen molar-refractivity contribution in [2.45, 2.75) is 6.42 Å². The lowest BCUT2D eigenvalue weighted by Crippen LogP contribution is -2.29. The van der Waals surface area contributed by atoms with E-state index < -0.39 is 0 Å². The van der Waals surface area contributed by atoms with Crippen LogP contribution in [0.2, 0.25) is 0 Å². The van der Waals surface area contributed by atoms with Gasteiger partial charge in [-0.05, 0) is 30.2 Å². The van der Waals surface area contributed by atoms with Gasteiger partial charge >= 0.3 is 0 Å². The van der Waals surface area contributed by atoms with Gasteiger partial charge in [-0.2, -0.15) is 0 Å². The van der Waals surface area contributed by atoms with Gasteiger partial charge < -0.3 is 19.7 Å². The average molecular weight is 360 g/mol. The van der Waals surface area contributed by atoms with Gasteiger partial charge in [0.1, 0.15) is 11.5 Å². The van der Waals surface area contributed by atoms with Crippen molar-refractivity contribution >= 4 is 23.1 Å². The second-order valence-corrected chi connectivity index (χ2v) is 6.32. The summed E-state index contributed by atoms with van der Waals surface area (Å²) in [5.41, 5.74) is 3.26. The third kappa shape index (κ3) is 2.83. The maximum Gasteiger partial charge on any atom is 0.278 e. The molecule has 7 heteroatoms. The minimum atomic E-state index is -0.137. The van der Waals surface area contributed by atoms with E-state index in [9.17, 15) is 4.79 Å². The van der Waals surface area contributed by atoms with Crippen molar-refractivity contribution in [1.82, 2.24) is 9.97 Å². The number of para-hydroxylation sites is 1. The van der Waals surface area contributed by atoms with Crippen LogP contribution in [0.1, 0.15) is 16.1 Å². The zero-order chi connectivity index (χ0) is 18.2. The predicted molar refractivity (Wildman–Crippen MR) is 99.7 cm³/mol. The van der Waals surface area contributed by atoms with Crippen LogP contribution >= 0.6 is 0 Å². The summed E-state index contributed by atoms with van der Waals surface area (Å²) in [4.78, 5) is 23.1. The summed E-state index contributed by atoms with van der Waals surface area (Å²) < 4.78 is 10.7. The molecule has 0 radical (unpaired) electrons. The van der Waals surface area contributed by atoms with Gasteiger partial charge in [0.2, 0.25) is 6.79 Å². The summed E-state index contributed by atoms with van der Waals surface area (Å²) in [6.45, 7) is 0.895. The monoisotopic (exact) mass is 360 g/mol. The lowest BCUT2D eigenvalue weighted by molar-refractivity contribution is 0.0984. The largest absolute Gasteiger partial charge is 0.454 e. The molecule has 0 atom stereocenters. The first-order valence-electron chi connectivity index (χ1n) is 8.66. The molecule has 0 unspecified atom stereocenters. The molecule has 134 valence electrons. The van der Waals surface area contributed by atoms with Crippen LogP contribution in [0.15, 0.2) is 54.9 Å². The Bertz CT molecular complexity index is 1020. The van der Waals surface area contributed by atoms with E-state index in [2.05, 4.69) is 15.3 Å². The Morgan fingerprint density at radius 3 is 2.81 bits per heavy atom. The van der Waals surface area contributed by atoms with Gasteiger partial charge in [-0.1, -0.05) is 18.2 Å². The summed E-state index contributed by atoms with van der Waals surface area (Å²) in [5.74, 6) is 1.82. The van der Waals surface area contributed by atoms with Crippen LogP contribution in [0, 0.1) is 0 Å². The van der Waals surface area contributed by atoms with Gasteiger partial charge in [0.05, 0.1) is 12.4 Å². The maximum atomic E-state index is 12.8. The van der Waals surface area contributed by atoms with Gasteiger partial charge in [-0.3, -0.25) is 4.79 Å². The van der Waals surface area contributed by atoms with Crippen molar-refractivity contribution in [3.05, 3.63) is 66.1 Å². The van der Waals surface area contributed by atoms with Crippen molar-refractivity contribution in [3.63, 3.8) is 0 Å². The van der Waals surface area contributed by atoms with E-state index in [0.29, 0.717) is 23.8 Å². The van der Waals surface area contributed by atoms with Gasteiger partial charge in [0.15, 0.2) is 11.5 Å². The lowest BCUT2D eigenvalue weighted by atomic mass is 10.2. The van der Waals surface area contributed by atoms with Crippen LogP contribution in [0.3, 0.4) is 0 Å². The number of benzene rings is 2. The highest BCUT2D eigenvalue weighted by molar-refractivity contribution is 6.05. The molecule has 2 aromatic carbocycles. The molecule has 1 aromatic heterocycles. The van der Waals surface area contributed by atoms with Crippen molar-refractivity contribution < 1.29 is 14.3 Å². The molecule has 2 aliphatic heterocycles. The summed E-state index contributed by atoms with van der Waals surface area (Å²) in [6, 6.07) is 13.5. The number of aromatic nitrogens is 2. The molecular weight excluding hydrogens is 344 g/mol. The highest BCUT2D eigenvalue weighted by Gasteiger charge is 2.26. The van der Waals surface area contributed by atoms with Crippen LogP contribution < -0.4 is 19.7 Å². The van der Waals surface area contributed by atoms with Crippen molar-refractivity contribution in [2.24, 2.45) is 0 Å². The quantitative estimate of drug-likeness (QED) is 0.773. The van der Waals surface area contributed by atoms with Crippen molar-refractivity contribution in [3.8, 4) is 11.5 Å². The molecule has 27 heavy (non-hydrogen) atoms. The summed E-state index contributed by atoms with van der Waals surface area (Å²) in [5, 5.41) is 3.15. The van der Waals surface area contributed by atoms with E-state index in [-0.39, 0.29) is 12.7 Å². The average Bonchev–Trinajstić information content (AvgIpc) is 3.34. The number of nitrogens with one attached hydrogen (secondary N) is 1. The first kappa shape index (κ1) is 15.6. The standard InChI is InChI=1S/C20H16N4O3/c25-20(24-8-7-13-3-1-2-4-16(13)24)15-10-22-19(11-21-15)23-14-5-6-17-18(9-14)27-12-26-17/h1-6,9-11H,7-8,12H2,(H,22,23). The van der Waals surface area contributed by atoms with Crippen LogP contribution in [0.5, 0.6) is 11.5 Å². The van der Waals surface area contributed by atoms with Crippen LogP contribution in [-0.4, -0.2) is 29.2 Å². The highest BCUT2D eigenvalue weighted by atomic mass is 16.7. The van der Waals surface area contributed by atoms with Gasteiger partial charge in [-0.25, -0.2) is 9.97 Å². The second-order valence-electron chi connectivity index (χ2n) is 6.32. The highest BCUT2D eigenvalue weighted by Crippen LogP contribution is 2.35. The summed E-state index contributed by atoms with van der Waals surface area (Å²) in [7, 11) is 0. The van der Waals surface area contributed by atoms with Crippen LogP contribution in [-0.2, 0) is 6.42 Å². The number of nitrogens with zero attached hydrogens (tertiary/aromatic N) is 3. The predicted octanol–water partition coefficient (Wildman–Crippen LogP) is 3.15. The minimum absolute atomic E-state index is 0.137. The number of hydrogen-bond donors (Lipinski definition) is 1. The van der Waals surface area contributed by atoms with Crippen LogP contribution in [0.4, 0.5) is 17.2 Å². The topological polar surface area (TPSA) is 76.6 Å². The molecule has 2 aliphatic rings. The Balaban J connectivity index is 1.32. The fourth-order valence-corrected chi connectivity index (χ4v) is 3.31. The number of amides is 1. The van der Waals surface area contributed by atoms with E-state index in [4.69, 9.17) is 9.47 Å². The Labute approximate surface area is 155 Å². The molecule has 0 fully saturated rings. The number of carbonyl (C=O) groups excluding carboxylic acids is 1. The SMILES string of the molecule is O=C(c1cnc(Nc2ccc3c(c2)OCO3)cn1)N1CCc2ccccc21. The smallest absolute Gasteiger partial charge is 0.278 e. The molecule has 0 spiro atoms. The Morgan fingerprint density at radius 1 is 1.04 bits per heavy atom. The summed E-state index contributed by atoms with van der Waals surface area (Å²) >= 11 is 0. The van der Waals surface area contributed by atoms with Gasteiger partial charge in [0.25, 0.3) is 5.91 Å². The fourth-order valence-electron chi connectivity index (χ4n) is 3.31. The number of fused-ring (bicyclic) bond motifs is 2. The molecule has 0 saturated heterocycles. The number of anilines is 3. The lowest BCUT2D eigenvalue weighted by Gasteiger charge is -2.16. The number of hydrogen-bond acceptors (Lipinski definition) is 6. The van der Waals surface area contributed by atoms with Crippen molar-refractivity contribution in [2.75, 3.05) is 23.6 Å². The first-order chi connectivity index (χ1) is 13.3. The molecule has 0 saturated carbocycles. The minimum Gasteiger partial charge on any atom is -0.454 e. The Kier molecular flexibility index (Phi) is 3.64. The maximum absolute atomic E-state index is 12.8. The molecule has 1 amide bonds. The Hall–Kier alpha value is -3.61. The zero-order valence-corrected chi connectivity index (χ0v) is 14.4. The second kappa shape index (κ2) is 6.28. The first-order valence-corrected chi connectivity index (χ1v) is 8.66. The van der Waals surface area contributed by atoms with Gasteiger partial charge in [-0.15, -0.1) is 0 Å². The van der Waals surface area contributed by atoms with E-state index in [1.54, 1.807) is 11.1 Å². The number of carbonyl (C=O) groups is 1. The molecular formula is C20H16N4O3. The number of rotatable bonds is 3. The molecule has 3 heterocycles. The molecule has 7 nitrogen and oxygen atoms in total. The molecule has 0 bridgehead atoms. The van der Waals surface area contributed by atoms with E-state index >= 15 is 0 Å². The van der Waals surface area contributed by atoms with Gasteiger partial charge in [0, 0.05) is 24.0 Å². The third-order valence-electron chi connectivity index (χ3n) is 4.65. The summed E-state index contributed by atoms with van der Waals surface area (Å²) in [6.07, 6.45) is 3.91. The normalized spacial score (nSPS) is 14.1. The fraction of sp³-hybridized carbons (Fsp3) is 0.150. The molecule has 3 aromatic rings. The van der Waals surface area contributed by atoms with Crippen molar-refractivity contribution in [1.29, 1.82) is 0 Å². The number of ether oxygens (including phenoxy) is 2. The molecule has 5 rings (SSSR count). The molecule has 0 aliphatic carbocycles. The van der Waals surface area contributed by atoms with E-state index in [1.165, 1.54) is 11.8 Å². The third-order valence-corrected chi connectivity index (χ3v) is 4.65. The van der Waals surface area contributed by atoms with E-state index in [1.807, 2.05) is 42.5 Å².